The summed E-state index contributed by atoms with van der Waals surface area (Å²) in [5.41, 5.74) is -0.937. The molecule has 0 N–H and O–H groups in total. The van der Waals surface area contributed by atoms with Crippen LogP contribution >= 0.6 is 0 Å². The number of hydrogen-bond donors (Lipinski definition) is 0. The molecular formula is C11H7F6NO. The molecule has 1 rings (SSSR count). The highest BCUT2D eigenvalue weighted by Crippen LogP contribution is 2.31. The summed E-state index contributed by atoms with van der Waals surface area (Å²) in [5, 5.41) is 8.29. The van der Waals surface area contributed by atoms with Gasteiger partial charge < -0.3 is 4.74 Å². The molecule has 1 unspecified atom stereocenters. The van der Waals surface area contributed by atoms with Crippen molar-refractivity contribution in [3.63, 3.8) is 0 Å². The Morgan fingerprint density at radius 1 is 1.05 bits per heavy atom. The van der Waals surface area contributed by atoms with Gasteiger partial charge in [-0.15, -0.1) is 0 Å². The highest BCUT2D eigenvalue weighted by atomic mass is 19.4. The number of nitriles is 1. The van der Waals surface area contributed by atoms with E-state index in [0.717, 1.165) is 18.2 Å². The molecule has 0 amide bonds. The monoisotopic (exact) mass is 283 g/mol. The van der Waals surface area contributed by atoms with E-state index in [0.29, 0.717) is 12.1 Å². The fourth-order valence-electron chi connectivity index (χ4n) is 1.12. The number of nitrogens with zero attached hydrogens (tertiary/aromatic N) is 1. The van der Waals surface area contributed by atoms with Crippen LogP contribution in [0.4, 0.5) is 26.3 Å². The predicted molar refractivity (Wildman–Crippen MR) is 52.1 cm³/mol. The average Bonchev–Trinajstić information content (AvgIpc) is 2.27. The molecule has 0 heterocycles. The molecule has 0 aromatic heterocycles. The molecule has 0 spiro atoms. The molecule has 0 saturated carbocycles. The van der Waals surface area contributed by atoms with Crippen molar-refractivity contribution >= 4 is 0 Å². The number of benzene rings is 1. The van der Waals surface area contributed by atoms with Gasteiger partial charge >= 0.3 is 12.4 Å². The second-order valence-corrected chi connectivity index (χ2v) is 3.56. The molecule has 0 bridgehead atoms. The third-order valence-corrected chi connectivity index (χ3v) is 2.15. The Labute approximate surface area is 104 Å². The number of ether oxygens (including phenoxy) is 1. The van der Waals surface area contributed by atoms with E-state index < -0.39 is 30.4 Å². The second-order valence-electron chi connectivity index (χ2n) is 3.56. The highest BCUT2D eigenvalue weighted by Gasteiger charge is 2.40. The van der Waals surface area contributed by atoms with Gasteiger partial charge in [-0.2, -0.15) is 31.6 Å². The fraction of sp³-hybridized carbons (Fsp3) is 0.364. The zero-order chi connectivity index (χ0) is 14.7. The molecule has 1 aromatic rings. The van der Waals surface area contributed by atoms with Crippen molar-refractivity contribution < 1.29 is 31.1 Å². The van der Waals surface area contributed by atoms with Crippen molar-refractivity contribution in [3.8, 4) is 11.8 Å². The molecule has 0 aliphatic rings. The van der Waals surface area contributed by atoms with E-state index in [-0.39, 0.29) is 5.75 Å². The van der Waals surface area contributed by atoms with E-state index in [1.807, 2.05) is 0 Å². The van der Waals surface area contributed by atoms with Gasteiger partial charge in [0.1, 0.15) is 12.4 Å². The van der Waals surface area contributed by atoms with E-state index in [9.17, 15) is 26.3 Å². The van der Waals surface area contributed by atoms with Crippen LogP contribution in [-0.2, 0) is 6.18 Å². The first kappa shape index (κ1) is 15.1. The average molecular weight is 283 g/mol. The summed E-state index contributed by atoms with van der Waals surface area (Å²) in [6.45, 7) is -0.967. The molecule has 1 atom stereocenters. The normalized spacial score (nSPS) is 13.7. The van der Waals surface area contributed by atoms with E-state index in [1.54, 1.807) is 0 Å². The molecule has 19 heavy (non-hydrogen) atoms. The zero-order valence-electron chi connectivity index (χ0n) is 9.22. The van der Waals surface area contributed by atoms with Crippen molar-refractivity contribution in [2.45, 2.75) is 12.4 Å². The van der Waals surface area contributed by atoms with Gasteiger partial charge in [0, 0.05) is 0 Å². The molecule has 0 fully saturated rings. The van der Waals surface area contributed by atoms with Crippen LogP contribution in [0.1, 0.15) is 5.56 Å². The maximum atomic E-state index is 12.2. The van der Waals surface area contributed by atoms with E-state index in [1.165, 1.54) is 0 Å². The SMILES string of the molecule is N#CC(COc1ccc(C(F)(F)F)cc1)C(F)(F)F. The summed E-state index contributed by atoms with van der Waals surface area (Å²) >= 11 is 0. The molecule has 0 radical (unpaired) electrons. The van der Waals surface area contributed by atoms with Gasteiger partial charge in [0.05, 0.1) is 11.6 Å². The lowest BCUT2D eigenvalue weighted by atomic mass is 10.2. The van der Waals surface area contributed by atoms with Gasteiger partial charge in [0.2, 0.25) is 0 Å². The fourth-order valence-corrected chi connectivity index (χ4v) is 1.12. The number of rotatable bonds is 3. The predicted octanol–water partition coefficient (Wildman–Crippen LogP) is 3.79. The Bertz CT molecular complexity index is 456. The van der Waals surface area contributed by atoms with Crippen molar-refractivity contribution in [1.82, 2.24) is 0 Å². The molecule has 2 nitrogen and oxygen atoms in total. The smallest absolute Gasteiger partial charge is 0.416 e. The first-order chi connectivity index (χ1) is 8.64. The summed E-state index contributed by atoms with van der Waals surface area (Å²) in [6, 6.07) is 4.18. The lowest BCUT2D eigenvalue weighted by molar-refractivity contribution is -0.165. The Kier molecular flexibility index (Phi) is 4.29. The van der Waals surface area contributed by atoms with E-state index in [4.69, 9.17) is 5.26 Å². The van der Waals surface area contributed by atoms with Gasteiger partial charge in [0.25, 0.3) is 0 Å². The summed E-state index contributed by atoms with van der Waals surface area (Å²) < 4.78 is 77.9. The second kappa shape index (κ2) is 5.38. The summed E-state index contributed by atoms with van der Waals surface area (Å²) in [5.74, 6) is -2.49. The minimum absolute atomic E-state index is 0.169. The first-order valence-corrected chi connectivity index (χ1v) is 4.91. The van der Waals surface area contributed by atoms with Crippen molar-refractivity contribution in [2.75, 3.05) is 6.61 Å². The summed E-state index contributed by atoms with van der Waals surface area (Å²) in [6.07, 6.45) is -9.26. The van der Waals surface area contributed by atoms with Crippen molar-refractivity contribution in [3.05, 3.63) is 29.8 Å². The zero-order valence-corrected chi connectivity index (χ0v) is 9.22. The third-order valence-electron chi connectivity index (χ3n) is 2.15. The lowest BCUT2D eigenvalue weighted by Crippen LogP contribution is -2.27. The maximum absolute atomic E-state index is 12.2. The van der Waals surface area contributed by atoms with E-state index in [2.05, 4.69) is 4.74 Å². The van der Waals surface area contributed by atoms with Crippen LogP contribution in [0.3, 0.4) is 0 Å². The molecule has 0 aliphatic heterocycles. The van der Waals surface area contributed by atoms with Gasteiger partial charge in [-0.25, -0.2) is 0 Å². The van der Waals surface area contributed by atoms with Crippen LogP contribution < -0.4 is 4.74 Å². The van der Waals surface area contributed by atoms with Crippen LogP contribution in [0.25, 0.3) is 0 Å². The molecule has 8 heteroatoms. The highest BCUT2D eigenvalue weighted by molar-refractivity contribution is 5.28. The minimum Gasteiger partial charge on any atom is -0.492 e. The number of halogens is 6. The van der Waals surface area contributed by atoms with Gasteiger partial charge in [-0.1, -0.05) is 0 Å². The molecular weight excluding hydrogens is 276 g/mol. The van der Waals surface area contributed by atoms with E-state index >= 15 is 0 Å². The number of alkyl halides is 6. The Morgan fingerprint density at radius 3 is 1.95 bits per heavy atom. The standard InChI is InChI=1S/C11H7F6NO/c12-10(13,14)7-1-3-9(4-2-7)19-6-8(5-18)11(15,16)17/h1-4,8H,6H2. The van der Waals surface area contributed by atoms with Crippen LogP contribution in [0.2, 0.25) is 0 Å². The summed E-state index contributed by atoms with van der Waals surface area (Å²) in [4.78, 5) is 0. The molecule has 1 aromatic carbocycles. The topological polar surface area (TPSA) is 33.0 Å². The summed E-state index contributed by atoms with van der Waals surface area (Å²) in [7, 11) is 0. The molecule has 104 valence electrons. The van der Waals surface area contributed by atoms with Crippen LogP contribution in [0.15, 0.2) is 24.3 Å². The van der Waals surface area contributed by atoms with Gasteiger partial charge in [-0.3, -0.25) is 0 Å². The van der Waals surface area contributed by atoms with Gasteiger partial charge in [0.15, 0.2) is 5.92 Å². The largest absolute Gasteiger partial charge is 0.492 e. The Hall–Kier alpha value is -1.91. The minimum atomic E-state index is -4.74. The molecule has 0 saturated heterocycles. The lowest BCUT2D eigenvalue weighted by Gasteiger charge is -2.14. The molecule has 0 aliphatic carbocycles. The van der Waals surface area contributed by atoms with Crippen LogP contribution in [-0.4, -0.2) is 12.8 Å². The van der Waals surface area contributed by atoms with Gasteiger partial charge in [-0.05, 0) is 24.3 Å². The third kappa shape index (κ3) is 4.35. The Morgan fingerprint density at radius 2 is 1.58 bits per heavy atom. The van der Waals surface area contributed by atoms with Crippen LogP contribution in [0, 0.1) is 17.2 Å². The number of hydrogen-bond acceptors (Lipinski definition) is 2. The quantitative estimate of drug-likeness (QED) is 0.791. The first-order valence-electron chi connectivity index (χ1n) is 4.91. The van der Waals surface area contributed by atoms with Crippen LogP contribution in [0.5, 0.6) is 5.75 Å². The maximum Gasteiger partial charge on any atom is 0.416 e. The van der Waals surface area contributed by atoms with Crippen molar-refractivity contribution in [1.29, 1.82) is 5.26 Å². The van der Waals surface area contributed by atoms with Crippen molar-refractivity contribution in [2.24, 2.45) is 5.92 Å². The Balaban J connectivity index is 2.67.